The van der Waals surface area contributed by atoms with Crippen LogP contribution in [0.5, 0.6) is 5.75 Å². The van der Waals surface area contributed by atoms with Gasteiger partial charge < -0.3 is 5.11 Å². The zero-order valence-electron chi connectivity index (χ0n) is 12.1. The topological polar surface area (TPSA) is 20.2 Å². The first kappa shape index (κ1) is 14.1. The number of benzene rings is 1. The van der Waals surface area contributed by atoms with E-state index in [2.05, 4.69) is 47.6 Å². The first-order chi connectivity index (χ1) is 7.58. The molecule has 0 aliphatic rings. The van der Waals surface area contributed by atoms with Crippen LogP contribution >= 0.6 is 0 Å². The van der Waals surface area contributed by atoms with E-state index in [9.17, 15) is 5.11 Å². The van der Waals surface area contributed by atoms with Crippen molar-refractivity contribution in [1.82, 2.24) is 0 Å². The van der Waals surface area contributed by atoms with Crippen LogP contribution in [0.4, 0.5) is 0 Å². The Kier molecular flexibility index (Phi) is 3.91. The molecule has 0 aliphatic heterocycles. The first-order valence-corrected chi connectivity index (χ1v) is 6.38. The summed E-state index contributed by atoms with van der Waals surface area (Å²) in [6.45, 7) is 13.3. The Labute approximate surface area is 106 Å². The molecule has 0 unspecified atom stereocenters. The van der Waals surface area contributed by atoms with Crippen molar-refractivity contribution >= 4 is 0 Å². The Morgan fingerprint density at radius 2 is 1.41 bits per heavy atom. The van der Waals surface area contributed by atoms with Crippen LogP contribution in [0.15, 0.2) is 18.2 Å². The highest BCUT2D eigenvalue weighted by Crippen LogP contribution is 2.32. The largest absolute Gasteiger partial charge is 0.508 e. The average Bonchev–Trinajstić information content (AvgIpc) is 2.07. The van der Waals surface area contributed by atoms with Crippen molar-refractivity contribution < 1.29 is 5.11 Å². The van der Waals surface area contributed by atoms with Crippen LogP contribution in [0, 0.1) is 10.8 Å². The number of rotatable bonds is 2. The lowest BCUT2D eigenvalue weighted by Crippen LogP contribution is -2.15. The zero-order chi connectivity index (χ0) is 13.3. The molecule has 0 amide bonds. The summed E-state index contributed by atoms with van der Waals surface area (Å²) in [5.74, 6) is 0.446. The molecule has 1 heteroatoms. The van der Waals surface area contributed by atoms with E-state index in [-0.39, 0.29) is 10.8 Å². The summed E-state index contributed by atoms with van der Waals surface area (Å²) in [4.78, 5) is 0. The smallest absolute Gasteiger partial charge is 0.119 e. The van der Waals surface area contributed by atoms with Crippen molar-refractivity contribution in [1.29, 1.82) is 0 Å². The number of hydrogen-bond donors (Lipinski definition) is 1. The second kappa shape index (κ2) is 4.72. The van der Waals surface area contributed by atoms with E-state index in [1.807, 2.05) is 6.07 Å². The highest BCUT2D eigenvalue weighted by atomic mass is 16.3. The van der Waals surface area contributed by atoms with Gasteiger partial charge in [-0.3, -0.25) is 0 Å². The minimum absolute atomic E-state index is 0.200. The fourth-order valence-electron chi connectivity index (χ4n) is 2.09. The molecule has 0 aliphatic carbocycles. The Morgan fingerprint density at radius 3 is 1.88 bits per heavy atom. The summed E-state index contributed by atoms with van der Waals surface area (Å²) in [6.07, 6.45) is 1.93. The maximum absolute atomic E-state index is 10.1. The van der Waals surface area contributed by atoms with Crippen LogP contribution in [0.25, 0.3) is 0 Å². The third-order valence-corrected chi connectivity index (χ3v) is 2.68. The third-order valence-electron chi connectivity index (χ3n) is 2.68. The molecule has 1 nitrogen and oxygen atoms in total. The molecule has 0 saturated carbocycles. The molecule has 0 radical (unpaired) electrons. The van der Waals surface area contributed by atoms with Crippen LogP contribution in [0.1, 0.15) is 52.7 Å². The molecule has 1 rings (SSSR count). The molecule has 17 heavy (non-hydrogen) atoms. The fourth-order valence-corrected chi connectivity index (χ4v) is 2.09. The van der Waals surface area contributed by atoms with Crippen molar-refractivity contribution in [3.8, 4) is 5.75 Å². The van der Waals surface area contributed by atoms with Crippen LogP contribution in [0.2, 0.25) is 0 Å². The SMILES string of the molecule is CC(C)(C)Cc1cccc(O)c1CC(C)(C)C. The van der Waals surface area contributed by atoms with Crippen LogP contribution in [-0.4, -0.2) is 5.11 Å². The zero-order valence-corrected chi connectivity index (χ0v) is 12.1. The molecular formula is C16H26O. The summed E-state index contributed by atoms with van der Waals surface area (Å²) in [5.41, 5.74) is 2.86. The van der Waals surface area contributed by atoms with Gasteiger partial charge >= 0.3 is 0 Å². The lowest BCUT2D eigenvalue weighted by atomic mass is 9.81. The second-order valence-corrected chi connectivity index (χ2v) is 7.39. The second-order valence-electron chi connectivity index (χ2n) is 7.39. The van der Waals surface area contributed by atoms with Gasteiger partial charge in [-0.05, 0) is 40.9 Å². The molecule has 0 heterocycles. The molecule has 0 aromatic heterocycles. The lowest BCUT2D eigenvalue weighted by molar-refractivity contribution is 0.380. The molecular weight excluding hydrogens is 208 g/mol. The predicted octanol–water partition coefficient (Wildman–Crippen LogP) is 4.57. The summed E-state index contributed by atoms with van der Waals surface area (Å²) in [6, 6.07) is 5.89. The summed E-state index contributed by atoms with van der Waals surface area (Å²) < 4.78 is 0. The molecule has 1 aromatic carbocycles. The van der Waals surface area contributed by atoms with Crippen LogP contribution < -0.4 is 0 Å². The summed E-state index contributed by atoms with van der Waals surface area (Å²) in [5, 5.41) is 10.1. The van der Waals surface area contributed by atoms with Gasteiger partial charge in [-0.1, -0.05) is 53.7 Å². The van der Waals surface area contributed by atoms with Crippen LogP contribution in [-0.2, 0) is 12.8 Å². The quantitative estimate of drug-likeness (QED) is 0.794. The van der Waals surface area contributed by atoms with Gasteiger partial charge in [0.25, 0.3) is 0 Å². The molecule has 1 N–H and O–H groups in total. The van der Waals surface area contributed by atoms with E-state index in [0.717, 1.165) is 18.4 Å². The van der Waals surface area contributed by atoms with E-state index in [1.54, 1.807) is 6.07 Å². The van der Waals surface area contributed by atoms with Crippen molar-refractivity contribution in [3.05, 3.63) is 29.3 Å². The van der Waals surface area contributed by atoms with Gasteiger partial charge in [0.15, 0.2) is 0 Å². The highest BCUT2D eigenvalue weighted by Gasteiger charge is 2.20. The van der Waals surface area contributed by atoms with E-state index >= 15 is 0 Å². The molecule has 0 atom stereocenters. The fraction of sp³-hybridized carbons (Fsp3) is 0.625. The van der Waals surface area contributed by atoms with Gasteiger partial charge in [0.1, 0.15) is 5.75 Å². The van der Waals surface area contributed by atoms with Gasteiger partial charge in [-0.15, -0.1) is 0 Å². The number of aromatic hydroxyl groups is 1. The van der Waals surface area contributed by atoms with Gasteiger partial charge in [0.05, 0.1) is 0 Å². The van der Waals surface area contributed by atoms with Gasteiger partial charge in [0, 0.05) is 0 Å². The molecule has 0 bridgehead atoms. The van der Waals surface area contributed by atoms with Crippen LogP contribution in [0.3, 0.4) is 0 Å². The monoisotopic (exact) mass is 234 g/mol. The standard InChI is InChI=1S/C16H26O/c1-15(2,3)10-12-8-7-9-14(17)13(12)11-16(4,5)6/h7-9,17H,10-11H2,1-6H3. The minimum Gasteiger partial charge on any atom is -0.508 e. The van der Waals surface area contributed by atoms with E-state index < -0.39 is 0 Å². The Hall–Kier alpha value is -0.980. The number of phenolic OH excluding ortho intramolecular Hbond substituents is 1. The van der Waals surface area contributed by atoms with E-state index in [1.165, 1.54) is 5.56 Å². The maximum atomic E-state index is 10.1. The van der Waals surface area contributed by atoms with Crippen molar-refractivity contribution in [2.75, 3.05) is 0 Å². The third kappa shape index (κ3) is 4.80. The van der Waals surface area contributed by atoms with Crippen molar-refractivity contribution in [2.45, 2.75) is 54.4 Å². The van der Waals surface area contributed by atoms with Gasteiger partial charge in [0.2, 0.25) is 0 Å². The van der Waals surface area contributed by atoms with Crippen molar-refractivity contribution in [3.63, 3.8) is 0 Å². The Bertz CT molecular complexity index is 377. The highest BCUT2D eigenvalue weighted by molar-refractivity contribution is 5.40. The molecule has 0 fully saturated rings. The first-order valence-electron chi connectivity index (χ1n) is 6.38. The number of phenols is 1. The predicted molar refractivity (Wildman–Crippen MR) is 74.4 cm³/mol. The maximum Gasteiger partial charge on any atom is 0.119 e. The summed E-state index contributed by atoms with van der Waals surface area (Å²) >= 11 is 0. The molecule has 1 aromatic rings. The van der Waals surface area contributed by atoms with E-state index in [4.69, 9.17) is 0 Å². The Balaban J connectivity index is 3.09. The molecule has 0 spiro atoms. The molecule has 0 saturated heterocycles. The van der Waals surface area contributed by atoms with Gasteiger partial charge in [-0.2, -0.15) is 0 Å². The minimum atomic E-state index is 0.200. The lowest BCUT2D eigenvalue weighted by Gasteiger charge is -2.25. The molecule has 96 valence electrons. The van der Waals surface area contributed by atoms with Crippen molar-refractivity contribution in [2.24, 2.45) is 10.8 Å². The normalized spacial score (nSPS) is 12.8. The number of hydrogen-bond acceptors (Lipinski definition) is 1. The average molecular weight is 234 g/mol. The summed E-state index contributed by atoms with van der Waals surface area (Å²) in [7, 11) is 0. The van der Waals surface area contributed by atoms with Gasteiger partial charge in [-0.25, -0.2) is 0 Å². The van der Waals surface area contributed by atoms with E-state index in [0.29, 0.717) is 5.75 Å². The Morgan fingerprint density at radius 1 is 0.882 bits per heavy atom.